The van der Waals surface area contributed by atoms with Crippen LogP contribution < -0.4 is 16.9 Å². The number of pyridine rings is 2. The van der Waals surface area contributed by atoms with Crippen molar-refractivity contribution in [1.82, 2.24) is 19.8 Å². The number of guanidine groups is 2. The van der Waals surface area contributed by atoms with Crippen LogP contribution in [0, 0.1) is 24.7 Å². The normalized spacial score (nSPS) is 30.0. The number of fused-ring (bicyclic) bond motifs is 6. The van der Waals surface area contributed by atoms with E-state index in [1.165, 1.54) is 17.3 Å². The first-order valence-electron chi connectivity index (χ1n) is 24.2. The second-order valence-electron chi connectivity index (χ2n) is 20.6. The molecule has 8 aliphatic rings. The van der Waals surface area contributed by atoms with Crippen molar-refractivity contribution in [1.29, 1.82) is 0 Å². The first-order chi connectivity index (χ1) is 32.7. The first-order valence-corrected chi connectivity index (χ1v) is 25.0. The number of aromatic nitrogens is 2. The highest BCUT2D eigenvalue weighted by molar-refractivity contribution is 9.10. The molecular weight excluding hydrogens is 923 g/mol. The van der Waals surface area contributed by atoms with Gasteiger partial charge >= 0.3 is 7.12 Å². The van der Waals surface area contributed by atoms with Gasteiger partial charge in [-0.25, -0.2) is 9.98 Å². The molecule has 2 aliphatic heterocycles. The van der Waals surface area contributed by atoms with Crippen molar-refractivity contribution in [2.45, 2.75) is 139 Å². The Balaban J connectivity index is 0.000000134. The van der Waals surface area contributed by atoms with E-state index in [4.69, 9.17) is 41.0 Å². The maximum Gasteiger partial charge on any atom is 0.490 e. The summed E-state index contributed by atoms with van der Waals surface area (Å²) in [5.41, 5.74) is 19.8. The highest BCUT2D eigenvalue weighted by atomic mass is 79.9. The fourth-order valence-electron chi connectivity index (χ4n) is 12.6. The molecule has 356 valence electrons. The number of rotatable bonds is 6. The summed E-state index contributed by atoms with van der Waals surface area (Å²) in [6, 6.07) is 17.1. The van der Waals surface area contributed by atoms with Gasteiger partial charge in [0.2, 0.25) is 0 Å². The fraction of sp³-hybridized carbons (Fsp3) is 0.500. The molecule has 2 aromatic heterocycles. The molecule has 0 radical (unpaired) electrons. The number of carbonyl (C=O) groups excluding carboxylic acids is 2. The van der Waals surface area contributed by atoms with Crippen LogP contribution in [-0.4, -0.2) is 99.2 Å². The summed E-state index contributed by atoms with van der Waals surface area (Å²) in [6.07, 6.45) is 20.8. The zero-order valence-corrected chi connectivity index (χ0v) is 41.0. The van der Waals surface area contributed by atoms with Crippen molar-refractivity contribution in [2.24, 2.45) is 32.3 Å². The number of aryl methyl sites for hydroxylation is 2. The summed E-state index contributed by atoms with van der Waals surface area (Å²) in [5.74, 6) is 1.01. The number of hydrogen-bond donors (Lipinski definition) is 4. The number of ether oxygens (including phenoxy) is 2. The number of halogens is 1. The molecule has 16 heteroatoms. The number of nitrogens with zero attached hydrogens (tertiary/aromatic N) is 6. The monoisotopic (exact) mass is 984 g/mol. The molecule has 68 heavy (non-hydrogen) atoms. The summed E-state index contributed by atoms with van der Waals surface area (Å²) in [4.78, 5) is 49.8. The van der Waals surface area contributed by atoms with Gasteiger partial charge in [-0.05, 0) is 167 Å². The van der Waals surface area contributed by atoms with Crippen LogP contribution in [-0.2, 0) is 43.0 Å². The lowest BCUT2D eigenvalue weighted by Gasteiger charge is -2.45. The second-order valence-corrected chi connectivity index (χ2v) is 21.5. The van der Waals surface area contributed by atoms with E-state index in [1.807, 2.05) is 26.2 Å². The van der Waals surface area contributed by atoms with Gasteiger partial charge in [-0.15, -0.1) is 0 Å². The molecule has 4 heterocycles. The van der Waals surface area contributed by atoms with E-state index in [1.54, 1.807) is 36.3 Å². The first kappa shape index (κ1) is 46.7. The van der Waals surface area contributed by atoms with Gasteiger partial charge in [0.15, 0.2) is 23.0 Å². The lowest BCUT2D eigenvalue weighted by molar-refractivity contribution is -0.139. The minimum atomic E-state index is -1.41. The van der Waals surface area contributed by atoms with E-state index in [-0.39, 0.29) is 46.9 Å². The van der Waals surface area contributed by atoms with Crippen LogP contribution in [0.1, 0.15) is 110 Å². The number of aliphatic imine (C=N–C) groups is 2. The van der Waals surface area contributed by atoms with Gasteiger partial charge in [0, 0.05) is 77.4 Å². The van der Waals surface area contributed by atoms with Crippen molar-refractivity contribution in [3.05, 3.63) is 111 Å². The minimum absolute atomic E-state index is 0.0895. The van der Waals surface area contributed by atoms with Gasteiger partial charge in [-0.1, -0.05) is 40.2 Å². The van der Waals surface area contributed by atoms with Crippen LogP contribution in [0.25, 0.3) is 11.1 Å². The summed E-state index contributed by atoms with van der Waals surface area (Å²) >= 11 is 3.60. The Bertz CT molecular complexity index is 2690. The Morgan fingerprint density at radius 2 is 1.10 bits per heavy atom. The SMILES string of the molecule is COC1CCC2(CC1)Cc1ccc(-c3cncc(C)c3)cc1C21N=C(N)N(C2CC2)C1=O.COC1CCC2(CC1)Cc1ccc(Br)cc1C21N=C(N)N(C2CC2)C1=O.Cc1cncc(B(O)O)c1. The molecule has 6 aliphatic carbocycles. The van der Waals surface area contributed by atoms with Crippen LogP contribution in [0.2, 0.25) is 0 Å². The molecule has 2 unspecified atom stereocenters. The molecule has 4 saturated carbocycles. The summed E-state index contributed by atoms with van der Waals surface area (Å²) in [7, 11) is 2.16. The molecule has 2 aromatic carbocycles. The molecule has 6 N–H and O–H groups in total. The molecule has 2 atom stereocenters. The van der Waals surface area contributed by atoms with Gasteiger partial charge in [-0.3, -0.25) is 29.4 Å². The number of benzene rings is 2. The minimum Gasteiger partial charge on any atom is -0.423 e. The number of hydrogen-bond acceptors (Lipinski definition) is 12. The van der Waals surface area contributed by atoms with Gasteiger partial charge in [0.05, 0.1) is 12.2 Å². The van der Waals surface area contributed by atoms with Crippen LogP contribution in [0.4, 0.5) is 0 Å². The van der Waals surface area contributed by atoms with Crippen molar-refractivity contribution < 1.29 is 29.1 Å². The van der Waals surface area contributed by atoms with Gasteiger partial charge in [0.25, 0.3) is 11.8 Å². The number of nitrogens with two attached hydrogens (primary N) is 2. The molecule has 2 amide bonds. The Labute approximate surface area is 407 Å². The second kappa shape index (κ2) is 17.8. The van der Waals surface area contributed by atoms with Crippen LogP contribution >= 0.6 is 15.9 Å². The molecule has 0 bridgehead atoms. The van der Waals surface area contributed by atoms with Crippen LogP contribution in [0.3, 0.4) is 0 Å². The quantitative estimate of drug-likeness (QED) is 0.170. The van der Waals surface area contributed by atoms with E-state index in [0.29, 0.717) is 17.4 Å². The zero-order valence-electron chi connectivity index (χ0n) is 39.5. The molecule has 12 rings (SSSR count). The number of methoxy groups -OCH3 is 2. The Morgan fingerprint density at radius 3 is 1.54 bits per heavy atom. The molecular formula is C52H62BBrN8O6. The van der Waals surface area contributed by atoms with E-state index in [0.717, 1.165) is 128 Å². The van der Waals surface area contributed by atoms with E-state index >= 15 is 0 Å². The molecule has 4 spiro atoms. The van der Waals surface area contributed by atoms with Crippen molar-refractivity contribution >= 4 is 52.2 Å². The summed E-state index contributed by atoms with van der Waals surface area (Å²) in [6.45, 7) is 3.90. The number of carbonyl (C=O) groups is 2. The summed E-state index contributed by atoms with van der Waals surface area (Å²) < 4.78 is 12.3. The predicted octanol–water partition coefficient (Wildman–Crippen LogP) is 5.87. The van der Waals surface area contributed by atoms with Crippen LogP contribution in [0.5, 0.6) is 0 Å². The lowest BCUT2D eigenvalue weighted by Crippen LogP contribution is -2.52. The molecule has 4 aromatic rings. The van der Waals surface area contributed by atoms with E-state index in [9.17, 15) is 9.59 Å². The van der Waals surface area contributed by atoms with Gasteiger partial charge in [-0.2, -0.15) is 0 Å². The van der Waals surface area contributed by atoms with Crippen molar-refractivity contribution in [2.75, 3.05) is 14.2 Å². The third-order valence-electron chi connectivity index (χ3n) is 16.3. The number of amides is 2. The average molecular weight is 986 g/mol. The Morgan fingerprint density at radius 1 is 0.632 bits per heavy atom. The highest BCUT2D eigenvalue weighted by Gasteiger charge is 2.69. The lowest BCUT2D eigenvalue weighted by atomic mass is 9.61. The fourth-order valence-corrected chi connectivity index (χ4v) is 13.0. The average Bonchev–Trinajstić information content (AvgIpc) is 4.27. The van der Waals surface area contributed by atoms with Crippen molar-refractivity contribution in [3.63, 3.8) is 0 Å². The topological polar surface area (TPSA) is 202 Å². The maximum atomic E-state index is 14.2. The maximum absolute atomic E-state index is 14.2. The Hall–Kier alpha value is -5.00. The standard InChI is InChI=1S/C26H30N4O2.C20H24BrN3O2.C6H8BNO2/c1-16-11-19(15-28-14-16)17-3-4-18-13-25(9-7-21(32-2)8-10-25)26(22(18)12-17)23(31)30(20-5-6-20)24(27)29-26;1-26-15-6-8-19(9-7-15)11-12-2-3-13(21)10-16(12)20(19)17(25)24(14-4-5-14)18(22)23-20;1-5-2-6(7(9)10)4-8-3-5/h3-4,11-12,14-15,20-21H,5-10,13H2,1-2H3,(H2,27,29);2-3,10,14-15H,4-9,11H2,1H3,(H2,22,23);2-4,9-10H,1H3. The largest absolute Gasteiger partial charge is 0.490 e. The molecule has 0 saturated heterocycles. The molecule has 4 fully saturated rings. The third-order valence-corrected chi connectivity index (χ3v) is 16.8. The third kappa shape index (κ3) is 7.69. The zero-order chi connectivity index (χ0) is 47.8. The van der Waals surface area contributed by atoms with Crippen LogP contribution in [0.15, 0.2) is 87.8 Å². The summed E-state index contributed by atoms with van der Waals surface area (Å²) in [5, 5.41) is 17.3. The van der Waals surface area contributed by atoms with Gasteiger partial charge < -0.3 is 31.0 Å². The predicted molar refractivity (Wildman–Crippen MR) is 264 cm³/mol. The van der Waals surface area contributed by atoms with Gasteiger partial charge in [0.1, 0.15) is 0 Å². The Kier molecular flexibility index (Phi) is 12.2. The van der Waals surface area contributed by atoms with Crippen molar-refractivity contribution in [3.8, 4) is 11.1 Å². The van der Waals surface area contributed by atoms with E-state index in [2.05, 4.69) is 68.4 Å². The molecule has 14 nitrogen and oxygen atoms in total. The highest BCUT2D eigenvalue weighted by Crippen LogP contribution is 2.64. The smallest absolute Gasteiger partial charge is 0.423 e. The van der Waals surface area contributed by atoms with E-state index < -0.39 is 18.2 Å².